The molecule has 2 aromatic heterocycles. The van der Waals surface area contributed by atoms with Crippen molar-refractivity contribution in [1.29, 1.82) is 0 Å². The number of aromatic nitrogens is 4. The predicted octanol–water partition coefficient (Wildman–Crippen LogP) is 9.86. The highest BCUT2D eigenvalue weighted by Gasteiger charge is 2.86. The minimum Gasteiger partial charge on any atom is -0.465 e. The smallest absolute Gasteiger partial charge is 0.404 e. The average Bonchev–Trinajstić information content (AvgIpc) is 4.00. The molecule has 6 fully saturated rings. The van der Waals surface area contributed by atoms with Crippen molar-refractivity contribution >= 4 is 45.5 Å². The van der Waals surface area contributed by atoms with Crippen molar-refractivity contribution in [1.82, 2.24) is 25.1 Å². The number of carbonyl (C=O) groups is 1. The Hall–Kier alpha value is -1.65. The number of nitrogens with one attached hydrogen (secondary N) is 1. The lowest BCUT2D eigenvalue weighted by atomic mass is 9.47. The van der Waals surface area contributed by atoms with E-state index in [9.17, 15) is 4.79 Å². The maximum atomic E-state index is 10.4. The van der Waals surface area contributed by atoms with Crippen LogP contribution in [0.4, 0.5) is 10.6 Å². The Morgan fingerprint density at radius 2 is 1.47 bits per heavy atom. The number of carboxylic acid groups (broad SMARTS) is 1. The van der Waals surface area contributed by atoms with Crippen LogP contribution in [-0.4, -0.2) is 51.6 Å². The van der Waals surface area contributed by atoms with Crippen LogP contribution in [0.15, 0.2) is 6.33 Å². The highest BCUT2D eigenvalue weighted by atomic mass is 127. The molecule has 0 spiro atoms. The van der Waals surface area contributed by atoms with Crippen LogP contribution in [0.2, 0.25) is 0 Å². The third kappa shape index (κ3) is 5.35. The number of anilines is 1. The van der Waals surface area contributed by atoms with Crippen molar-refractivity contribution < 1.29 is 9.90 Å². The molecule has 0 radical (unpaired) electrons. The van der Waals surface area contributed by atoms with Crippen molar-refractivity contribution in [3.05, 3.63) is 10.0 Å². The van der Waals surface area contributed by atoms with Crippen LogP contribution in [0.5, 0.6) is 0 Å². The first-order chi connectivity index (χ1) is 24.0. The van der Waals surface area contributed by atoms with Gasteiger partial charge in [-0.3, -0.25) is 0 Å². The molecule has 0 aromatic carbocycles. The Bertz CT molecular complexity index is 1600. The molecule has 0 aliphatic heterocycles. The van der Waals surface area contributed by atoms with E-state index in [-0.39, 0.29) is 0 Å². The fourth-order valence-corrected chi connectivity index (χ4v) is 15.5. The molecule has 6 aliphatic carbocycles. The van der Waals surface area contributed by atoms with Crippen LogP contribution < -0.4 is 10.2 Å². The zero-order valence-corrected chi connectivity index (χ0v) is 35.6. The lowest BCUT2D eigenvalue weighted by Gasteiger charge is -2.57. The highest BCUT2D eigenvalue weighted by molar-refractivity contribution is 14.1. The largest absolute Gasteiger partial charge is 0.465 e. The lowest BCUT2D eigenvalue weighted by Crippen LogP contribution is -2.52. The zero-order chi connectivity index (χ0) is 37.0. The molecule has 284 valence electrons. The summed E-state index contributed by atoms with van der Waals surface area (Å²) in [7, 11) is 3.87. The Morgan fingerprint density at radius 3 is 1.94 bits per heavy atom. The molecule has 1 amide bonds. The van der Waals surface area contributed by atoms with Crippen LogP contribution in [-0.2, 0) is 6.54 Å². The van der Waals surface area contributed by atoms with Crippen LogP contribution in [0, 0.1) is 90.5 Å². The molecule has 2 N–H and O–H groups in total. The Kier molecular flexibility index (Phi) is 9.59. The van der Waals surface area contributed by atoms with E-state index >= 15 is 0 Å². The van der Waals surface area contributed by atoms with E-state index < -0.39 is 6.09 Å². The molecular weight excluding hydrogens is 747 g/mol. The summed E-state index contributed by atoms with van der Waals surface area (Å²) < 4.78 is 2.72. The molecule has 51 heavy (non-hydrogen) atoms. The number of unbranched alkanes of at least 4 members (excludes halogenated alkanes) is 1. The van der Waals surface area contributed by atoms with E-state index in [4.69, 9.17) is 5.11 Å². The molecule has 8 rings (SSSR count). The van der Waals surface area contributed by atoms with Crippen molar-refractivity contribution in [2.45, 2.75) is 120 Å². The fraction of sp³-hybridized carbons (Fsp3) is 0.857. The van der Waals surface area contributed by atoms with Crippen molar-refractivity contribution in [3.8, 4) is 0 Å². The molecule has 6 aliphatic rings. The van der Waals surface area contributed by atoms with Gasteiger partial charge in [-0.1, -0.05) is 62.3 Å². The summed E-state index contributed by atoms with van der Waals surface area (Å²) in [6, 6.07) is 0. The highest BCUT2D eigenvalue weighted by Crippen LogP contribution is 2.92. The fourth-order valence-electron chi connectivity index (χ4n) is 14.7. The molecule has 2 heterocycles. The third-order valence-corrected chi connectivity index (χ3v) is 17.5. The number of rotatable bonds is 11. The van der Waals surface area contributed by atoms with Gasteiger partial charge in [-0.2, -0.15) is 5.10 Å². The number of hydrogen-bond donors (Lipinski definition) is 2. The summed E-state index contributed by atoms with van der Waals surface area (Å²) in [5.74, 6) is 11.6. The minimum atomic E-state index is -0.988. The van der Waals surface area contributed by atoms with E-state index in [1.807, 2.05) is 23.7 Å². The summed E-state index contributed by atoms with van der Waals surface area (Å²) in [5, 5.41) is 16.3. The number of fused-ring (bicyclic) bond motifs is 4. The first-order valence-electron chi connectivity index (χ1n) is 20.5. The van der Waals surface area contributed by atoms with Gasteiger partial charge in [-0.25, -0.2) is 19.4 Å². The molecule has 0 saturated heterocycles. The van der Waals surface area contributed by atoms with Gasteiger partial charge in [-0.05, 0) is 161 Å². The van der Waals surface area contributed by atoms with Gasteiger partial charge in [0.25, 0.3) is 0 Å². The maximum Gasteiger partial charge on any atom is 0.404 e. The standard InChI is InChI=1S/C30H50.C12H17IN6O2/c1-16(2)27-13-22(27)19(7)10-25(27)30(12-21(9)24-15-29(24,30)18(5)6)26-11-20(8)23-14-28(23,26)17(3)4;1-18(2)10-8-9(13)17-19(11(8)16-7-15-10)6-4-3-5-14-12(20)21/h16-26H,10-15H2,1-9H3;7,14H,3-6H2,1-2H3,(H,20,21). The molecule has 11 unspecified atom stereocenters. The third-order valence-electron chi connectivity index (χ3n) is 16.8. The molecule has 8 nitrogen and oxygen atoms in total. The van der Waals surface area contributed by atoms with E-state index in [1.165, 1.54) is 6.33 Å². The van der Waals surface area contributed by atoms with Crippen molar-refractivity contribution in [2.24, 2.45) is 86.8 Å². The van der Waals surface area contributed by atoms with Crippen LogP contribution >= 0.6 is 22.6 Å². The van der Waals surface area contributed by atoms with Gasteiger partial charge in [0, 0.05) is 27.2 Å². The summed E-state index contributed by atoms with van der Waals surface area (Å²) in [6.45, 7) is 24.8. The van der Waals surface area contributed by atoms with Crippen LogP contribution in [0.1, 0.15) is 114 Å². The number of nitrogens with zero attached hydrogens (tertiary/aromatic N) is 5. The summed E-state index contributed by atoms with van der Waals surface area (Å²) in [6.07, 6.45) is 11.6. The van der Waals surface area contributed by atoms with Crippen LogP contribution in [0.3, 0.4) is 0 Å². The zero-order valence-electron chi connectivity index (χ0n) is 33.5. The molecule has 0 bridgehead atoms. The molecular formula is C42H67IN6O2. The molecule has 2 aromatic rings. The second-order valence-corrected chi connectivity index (χ2v) is 20.7. The normalized spacial score (nSPS) is 41.4. The van der Waals surface area contributed by atoms with Crippen LogP contribution in [0.25, 0.3) is 11.0 Å². The van der Waals surface area contributed by atoms with Gasteiger partial charge < -0.3 is 15.3 Å². The van der Waals surface area contributed by atoms with Gasteiger partial charge in [0.1, 0.15) is 15.8 Å². The van der Waals surface area contributed by atoms with E-state index in [1.54, 1.807) is 38.5 Å². The van der Waals surface area contributed by atoms with E-state index in [0.29, 0.717) is 34.7 Å². The lowest BCUT2D eigenvalue weighted by molar-refractivity contribution is -0.1000. The Morgan fingerprint density at radius 1 is 0.882 bits per heavy atom. The number of halogens is 1. The van der Waals surface area contributed by atoms with Gasteiger partial charge in [0.05, 0.1) is 5.39 Å². The molecule has 9 heteroatoms. The Balaban J connectivity index is 0.000000171. The minimum absolute atomic E-state index is 0.448. The predicted molar refractivity (Wildman–Crippen MR) is 215 cm³/mol. The maximum absolute atomic E-state index is 10.4. The first kappa shape index (κ1) is 37.7. The van der Waals surface area contributed by atoms with Crippen molar-refractivity contribution in [3.63, 3.8) is 0 Å². The summed E-state index contributed by atoms with van der Waals surface area (Å²) in [4.78, 5) is 20.9. The number of amides is 1. The second kappa shape index (κ2) is 13.0. The van der Waals surface area contributed by atoms with Crippen molar-refractivity contribution in [2.75, 3.05) is 25.5 Å². The quantitative estimate of drug-likeness (QED) is 0.173. The second-order valence-electron chi connectivity index (χ2n) is 19.7. The Labute approximate surface area is 321 Å². The van der Waals surface area contributed by atoms with E-state index in [0.717, 1.165) is 98.5 Å². The number of aryl methyl sites for hydroxylation is 1. The molecule has 6 saturated carbocycles. The van der Waals surface area contributed by atoms with E-state index in [2.05, 4.69) is 105 Å². The van der Waals surface area contributed by atoms with Gasteiger partial charge in [-0.15, -0.1) is 0 Å². The summed E-state index contributed by atoms with van der Waals surface area (Å²) in [5.41, 5.74) is 3.54. The molecule has 11 atom stereocenters. The monoisotopic (exact) mass is 814 g/mol. The van der Waals surface area contributed by atoms with Gasteiger partial charge in [0.15, 0.2) is 5.65 Å². The SMILES string of the molecule is CC1CC(C2(C3CC(C)C4CC43C(C)C)CC(C)C3CC32C(C)C)C2(C(C)C)CC12.CN(C)c1ncnc2c1c(I)nn2CCCCNC(=O)O. The van der Waals surface area contributed by atoms with Gasteiger partial charge >= 0.3 is 6.09 Å². The topological polar surface area (TPSA) is 96.2 Å². The first-order valence-corrected chi connectivity index (χ1v) is 21.6. The average molecular weight is 815 g/mol. The van der Waals surface area contributed by atoms with Gasteiger partial charge in [0.2, 0.25) is 0 Å². The summed E-state index contributed by atoms with van der Waals surface area (Å²) >= 11 is 2.19. The number of hydrogen-bond acceptors (Lipinski definition) is 5.